The van der Waals surface area contributed by atoms with Gasteiger partial charge in [0.1, 0.15) is 0 Å². The van der Waals surface area contributed by atoms with Crippen molar-refractivity contribution in [3.63, 3.8) is 0 Å². The Morgan fingerprint density at radius 1 is 1.15 bits per heavy atom. The van der Waals surface area contributed by atoms with E-state index < -0.39 is 0 Å². The quantitative estimate of drug-likeness (QED) is 0.678. The van der Waals surface area contributed by atoms with Crippen molar-refractivity contribution in [1.82, 2.24) is 5.10 Å². The van der Waals surface area contributed by atoms with Crippen LogP contribution < -0.4 is 14.9 Å². The molecule has 0 atom stereocenters. The Kier molecular flexibility index (Phi) is 3.48. The number of nitrogens with zero attached hydrogens (tertiary/aromatic N) is 3. The molecule has 106 valence electrons. The summed E-state index contributed by atoms with van der Waals surface area (Å²) in [6, 6.07) is 4.77. The lowest BCUT2D eigenvalue weighted by Crippen LogP contribution is -2.45. The second kappa shape index (κ2) is 5.28. The van der Waals surface area contributed by atoms with Gasteiger partial charge in [0.25, 0.3) is 0 Å². The summed E-state index contributed by atoms with van der Waals surface area (Å²) in [5.74, 6) is 0.0572. The van der Waals surface area contributed by atoms with Crippen molar-refractivity contribution in [3.05, 3.63) is 33.6 Å². The average Bonchev–Trinajstić information content (AvgIpc) is 2.45. The first-order chi connectivity index (χ1) is 9.65. The van der Waals surface area contributed by atoms with Crippen LogP contribution >= 0.6 is 11.6 Å². The van der Waals surface area contributed by atoms with Crippen molar-refractivity contribution < 1.29 is 9.58 Å². The number of aromatic nitrogens is 3. The maximum Gasteiger partial charge on any atom is 0.461 e. The lowest BCUT2D eigenvalue weighted by atomic mass is 9.96. The minimum absolute atomic E-state index is 0.0572. The molecule has 1 saturated carbocycles. The molecule has 20 heavy (non-hydrogen) atoms. The average molecular weight is 295 g/mol. The van der Waals surface area contributed by atoms with Gasteiger partial charge in [-0.15, -0.1) is 0 Å². The van der Waals surface area contributed by atoms with Gasteiger partial charge in [-0.25, -0.2) is 4.73 Å². The third-order valence-electron chi connectivity index (χ3n) is 3.68. The highest BCUT2D eigenvalue weighted by Crippen LogP contribution is 2.20. The van der Waals surface area contributed by atoms with E-state index in [1.54, 1.807) is 6.07 Å². The van der Waals surface area contributed by atoms with Crippen molar-refractivity contribution in [2.24, 2.45) is 0 Å². The van der Waals surface area contributed by atoms with Crippen LogP contribution in [-0.2, 0) is 0 Å². The molecule has 1 aliphatic rings. The van der Waals surface area contributed by atoms with Crippen molar-refractivity contribution in [2.45, 2.75) is 38.1 Å². The number of rotatable bonds is 2. The lowest BCUT2D eigenvalue weighted by molar-refractivity contribution is -0.672. The largest absolute Gasteiger partial charge is 0.739 e. The zero-order valence-electron chi connectivity index (χ0n) is 10.9. The number of hydrogen-bond acceptors (Lipinski definition) is 4. The van der Waals surface area contributed by atoms with Crippen LogP contribution in [0.15, 0.2) is 18.2 Å². The fourth-order valence-electron chi connectivity index (χ4n) is 2.63. The molecule has 0 aliphatic heterocycles. The van der Waals surface area contributed by atoms with E-state index in [9.17, 15) is 10.4 Å². The maximum atomic E-state index is 12.3. The van der Waals surface area contributed by atoms with Crippen LogP contribution in [0.5, 0.6) is 0 Å². The zero-order valence-corrected chi connectivity index (χ0v) is 11.6. The summed E-state index contributed by atoms with van der Waals surface area (Å²) in [6.45, 7) is 0. The summed E-state index contributed by atoms with van der Waals surface area (Å²) in [7, 11) is 0. The van der Waals surface area contributed by atoms with E-state index in [-0.39, 0.29) is 23.0 Å². The lowest BCUT2D eigenvalue weighted by Gasteiger charge is -2.20. The Balaban J connectivity index is 1.99. The summed E-state index contributed by atoms with van der Waals surface area (Å²) >= 11 is 5.83. The fraction of sp³-hybridized carbons (Fsp3) is 0.462. The molecule has 1 aromatic heterocycles. The van der Waals surface area contributed by atoms with Gasteiger partial charge in [0.15, 0.2) is 5.52 Å². The predicted molar refractivity (Wildman–Crippen MR) is 75.2 cm³/mol. The molecule has 6 nitrogen and oxygen atoms in total. The van der Waals surface area contributed by atoms with E-state index in [0.29, 0.717) is 14.6 Å². The summed E-state index contributed by atoms with van der Waals surface area (Å²) in [6.07, 6.45) is 5.49. The molecule has 7 heteroatoms. The Morgan fingerprint density at radius 3 is 2.65 bits per heavy atom. The maximum absolute atomic E-state index is 12.3. The molecule has 0 bridgehead atoms. The van der Waals surface area contributed by atoms with Crippen molar-refractivity contribution in [2.75, 3.05) is 5.32 Å². The second-order valence-electron chi connectivity index (χ2n) is 5.10. The number of fused-ring (bicyclic) bond motifs is 1. The van der Waals surface area contributed by atoms with Gasteiger partial charge in [0.2, 0.25) is 5.10 Å². The van der Waals surface area contributed by atoms with Gasteiger partial charge in [-0.3, -0.25) is 5.32 Å². The van der Waals surface area contributed by atoms with Gasteiger partial charge in [-0.1, -0.05) is 30.9 Å². The molecule has 0 amide bonds. The SMILES string of the molecule is [O-][n+]1nc(NC2CCCCC2)[n+]([O-])c2ccc(Cl)cc21. The molecule has 0 unspecified atom stereocenters. The number of benzene rings is 1. The van der Waals surface area contributed by atoms with Gasteiger partial charge in [-0.2, -0.15) is 0 Å². The minimum Gasteiger partial charge on any atom is -0.739 e. The van der Waals surface area contributed by atoms with Crippen LogP contribution in [-0.4, -0.2) is 11.1 Å². The van der Waals surface area contributed by atoms with Crippen molar-refractivity contribution >= 4 is 28.6 Å². The Labute approximate surface area is 121 Å². The van der Waals surface area contributed by atoms with E-state index in [4.69, 9.17) is 11.6 Å². The molecule has 1 aromatic carbocycles. The van der Waals surface area contributed by atoms with Crippen LogP contribution in [0.4, 0.5) is 5.95 Å². The first-order valence-corrected chi connectivity index (χ1v) is 7.12. The molecule has 1 fully saturated rings. The fourth-order valence-corrected chi connectivity index (χ4v) is 2.80. The molecular formula is C13H15ClN4O2. The van der Waals surface area contributed by atoms with Gasteiger partial charge in [0, 0.05) is 15.9 Å². The van der Waals surface area contributed by atoms with Gasteiger partial charge < -0.3 is 10.4 Å². The van der Waals surface area contributed by atoms with Gasteiger partial charge >= 0.3 is 11.5 Å². The molecule has 0 spiro atoms. The van der Waals surface area contributed by atoms with Crippen LogP contribution in [0.2, 0.25) is 5.02 Å². The van der Waals surface area contributed by atoms with Gasteiger partial charge in [0.05, 0.1) is 6.04 Å². The van der Waals surface area contributed by atoms with E-state index in [1.165, 1.54) is 18.6 Å². The summed E-state index contributed by atoms with van der Waals surface area (Å²) in [5.41, 5.74) is 0.430. The monoisotopic (exact) mass is 294 g/mol. The minimum atomic E-state index is 0.0572. The number of anilines is 1. The molecule has 1 aliphatic carbocycles. The van der Waals surface area contributed by atoms with E-state index in [2.05, 4.69) is 10.4 Å². The molecule has 0 saturated heterocycles. The normalized spacial score (nSPS) is 16.4. The van der Waals surface area contributed by atoms with E-state index in [0.717, 1.165) is 25.7 Å². The highest BCUT2D eigenvalue weighted by molar-refractivity contribution is 6.31. The molecule has 1 heterocycles. The standard InChI is InChI=1S/C13H15ClN4O2/c14-9-6-7-11-12(8-9)18(20)16-13(17(11)19)15-10-4-2-1-3-5-10/h6-8,10H,1-5H2,(H,15,16). The predicted octanol–water partition coefficient (Wildman–Crippen LogP) is 1.90. The summed E-state index contributed by atoms with van der Waals surface area (Å²) in [4.78, 5) is 0.445. The van der Waals surface area contributed by atoms with Crippen molar-refractivity contribution in [1.29, 1.82) is 0 Å². The number of halogens is 1. The first-order valence-electron chi connectivity index (χ1n) is 6.74. The van der Waals surface area contributed by atoms with E-state index >= 15 is 0 Å². The molecule has 1 N–H and O–H groups in total. The van der Waals surface area contributed by atoms with Gasteiger partial charge in [-0.05, 0) is 25.0 Å². The molecule has 2 aromatic rings. The molecular weight excluding hydrogens is 280 g/mol. The third-order valence-corrected chi connectivity index (χ3v) is 3.91. The Bertz CT molecular complexity index is 644. The summed E-state index contributed by atoms with van der Waals surface area (Å²) in [5, 5.41) is 31.4. The highest BCUT2D eigenvalue weighted by atomic mass is 35.5. The zero-order chi connectivity index (χ0) is 14.1. The second-order valence-corrected chi connectivity index (χ2v) is 5.54. The third kappa shape index (κ3) is 2.43. The number of nitrogens with one attached hydrogen (secondary N) is 1. The van der Waals surface area contributed by atoms with Crippen LogP contribution in [0.3, 0.4) is 0 Å². The van der Waals surface area contributed by atoms with Crippen molar-refractivity contribution in [3.8, 4) is 0 Å². The summed E-state index contributed by atoms with van der Waals surface area (Å²) < 4.78 is 0.661. The Morgan fingerprint density at radius 2 is 1.90 bits per heavy atom. The smallest absolute Gasteiger partial charge is 0.461 e. The number of hydrogen-bond donors (Lipinski definition) is 1. The topological polar surface area (TPSA) is 78.8 Å². The van der Waals surface area contributed by atoms with Crippen LogP contribution in [0, 0.1) is 10.4 Å². The Hall–Kier alpha value is -1.82. The first kappa shape index (κ1) is 13.2. The van der Waals surface area contributed by atoms with E-state index in [1.807, 2.05) is 0 Å². The molecule has 3 rings (SSSR count). The van der Waals surface area contributed by atoms with Crippen LogP contribution in [0.25, 0.3) is 11.0 Å². The molecule has 0 radical (unpaired) electrons. The highest BCUT2D eigenvalue weighted by Gasteiger charge is 2.24. The van der Waals surface area contributed by atoms with Crippen LogP contribution in [0.1, 0.15) is 32.1 Å².